The van der Waals surface area contributed by atoms with E-state index in [9.17, 15) is 0 Å². The van der Waals surface area contributed by atoms with Gasteiger partial charge in [0.1, 0.15) is 0 Å². The average Bonchev–Trinajstić information content (AvgIpc) is 2.65. The quantitative estimate of drug-likeness (QED) is 0.881. The molecule has 2 heteroatoms. The first-order chi connectivity index (χ1) is 9.02. The van der Waals surface area contributed by atoms with E-state index in [0.29, 0.717) is 12.0 Å². The van der Waals surface area contributed by atoms with Gasteiger partial charge in [-0.15, -0.1) is 0 Å². The standard InChI is InChI=1S/C17H28N2/c1-5-19(6-2)16-11-14-9-7-8-10-15(14)17(16,18)12-13(3)4/h7-10,13,16H,5-6,11-12,18H2,1-4H3. The molecule has 2 rings (SSSR count). The number of fused-ring (bicyclic) bond motifs is 1. The highest BCUT2D eigenvalue weighted by molar-refractivity contribution is 5.41. The van der Waals surface area contributed by atoms with E-state index >= 15 is 0 Å². The number of benzene rings is 1. The van der Waals surface area contributed by atoms with Gasteiger partial charge < -0.3 is 5.73 Å². The van der Waals surface area contributed by atoms with Gasteiger partial charge in [-0.05, 0) is 43.0 Å². The lowest BCUT2D eigenvalue weighted by molar-refractivity contribution is 0.127. The molecule has 2 nitrogen and oxygen atoms in total. The molecule has 2 atom stereocenters. The molecule has 0 spiro atoms. The molecular weight excluding hydrogens is 232 g/mol. The van der Waals surface area contributed by atoms with Crippen LogP contribution >= 0.6 is 0 Å². The molecule has 0 amide bonds. The monoisotopic (exact) mass is 260 g/mol. The smallest absolute Gasteiger partial charge is 0.0575 e. The van der Waals surface area contributed by atoms with E-state index in [2.05, 4.69) is 56.9 Å². The molecule has 0 saturated heterocycles. The van der Waals surface area contributed by atoms with Crippen molar-refractivity contribution in [3.05, 3.63) is 35.4 Å². The lowest BCUT2D eigenvalue weighted by atomic mass is 9.81. The summed E-state index contributed by atoms with van der Waals surface area (Å²) < 4.78 is 0. The normalized spacial score (nSPS) is 26.2. The summed E-state index contributed by atoms with van der Waals surface area (Å²) in [7, 11) is 0. The third-order valence-corrected chi connectivity index (χ3v) is 4.53. The van der Waals surface area contributed by atoms with Crippen molar-refractivity contribution in [3.8, 4) is 0 Å². The van der Waals surface area contributed by atoms with E-state index in [1.165, 1.54) is 11.1 Å². The van der Waals surface area contributed by atoms with Crippen LogP contribution in [0, 0.1) is 5.92 Å². The molecule has 1 aliphatic rings. The van der Waals surface area contributed by atoms with Crippen molar-refractivity contribution in [3.63, 3.8) is 0 Å². The molecule has 2 unspecified atom stereocenters. The van der Waals surface area contributed by atoms with Crippen LogP contribution in [0.5, 0.6) is 0 Å². The van der Waals surface area contributed by atoms with Crippen LogP contribution in [-0.2, 0) is 12.0 Å². The number of nitrogens with zero attached hydrogens (tertiary/aromatic N) is 1. The zero-order chi connectivity index (χ0) is 14.0. The average molecular weight is 260 g/mol. The van der Waals surface area contributed by atoms with Crippen molar-refractivity contribution in [1.82, 2.24) is 4.90 Å². The first-order valence-corrected chi connectivity index (χ1v) is 7.64. The maximum Gasteiger partial charge on any atom is 0.0575 e. The molecule has 0 fully saturated rings. The number of hydrogen-bond donors (Lipinski definition) is 1. The van der Waals surface area contributed by atoms with Crippen molar-refractivity contribution < 1.29 is 0 Å². The summed E-state index contributed by atoms with van der Waals surface area (Å²) in [4.78, 5) is 2.53. The van der Waals surface area contributed by atoms with Gasteiger partial charge in [0.15, 0.2) is 0 Å². The van der Waals surface area contributed by atoms with Crippen LogP contribution in [0.25, 0.3) is 0 Å². The lowest BCUT2D eigenvalue weighted by Gasteiger charge is -2.40. The molecule has 0 radical (unpaired) electrons. The Kier molecular flexibility index (Phi) is 4.32. The summed E-state index contributed by atoms with van der Waals surface area (Å²) in [5, 5.41) is 0. The van der Waals surface area contributed by atoms with Gasteiger partial charge in [0, 0.05) is 6.04 Å². The predicted octanol–water partition coefficient (Wildman–Crippen LogP) is 3.15. The van der Waals surface area contributed by atoms with Crippen molar-refractivity contribution in [2.75, 3.05) is 13.1 Å². The zero-order valence-corrected chi connectivity index (χ0v) is 12.8. The van der Waals surface area contributed by atoms with Crippen LogP contribution in [0.15, 0.2) is 24.3 Å². The predicted molar refractivity (Wildman–Crippen MR) is 82.2 cm³/mol. The van der Waals surface area contributed by atoms with Crippen LogP contribution < -0.4 is 5.73 Å². The Morgan fingerprint density at radius 2 is 1.89 bits per heavy atom. The second-order valence-electron chi connectivity index (χ2n) is 6.24. The topological polar surface area (TPSA) is 29.3 Å². The minimum absolute atomic E-state index is 0.184. The van der Waals surface area contributed by atoms with Gasteiger partial charge >= 0.3 is 0 Å². The van der Waals surface area contributed by atoms with Gasteiger partial charge in [-0.25, -0.2) is 0 Å². The molecule has 1 aliphatic carbocycles. The minimum Gasteiger partial charge on any atom is -0.320 e. The van der Waals surface area contributed by atoms with Gasteiger partial charge in [0.05, 0.1) is 5.54 Å². The summed E-state index contributed by atoms with van der Waals surface area (Å²) in [6.45, 7) is 11.2. The Hall–Kier alpha value is -0.860. The second kappa shape index (κ2) is 5.64. The minimum atomic E-state index is -0.184. The van der Waals surface area contributed by atoms with E-state index in [-0.39, 0.29) is 5.54 Å². The SMILES string of the molecule is CCN(CC)C1Cc2ccccc2C1(N)CC(C)C. The molecule has 0 saturated carbocycles. The molecule has 106 valence electrons. The van der Waals surface area contributed by atoms with Crippen LogP contribution in [0.3, 0.4) is 0 Å². The molecule has 1 aromatic rings. The fourth-order valence-corrected chi connectivity index (χ4v) is 3.76. The van der Waals surface area contributed by atoms with Gasteiger partial charge in [0.25, 0.3) is 0 Å². The van der Waals surface area contributed by atoms with Gasteiger partial charge in [-0.1, -0.05) is 52.0 Å². The molecule has 1 aromatic carbocycles. The third-order valence-electron chi connectivity index (χ3n) is 4.53. The third kappa shape index (κ3) is 2.56. The summed E-state index contributed by atoms with van der Waals surface area (Å²) in [6, 6.07) is 9.20. The Balaban J connectivity index is 2.41. The molecule has 0 aromatic heterocycles. The second-order valence-corrected chi connectivity index (χ2v) is 6.24. The first kappa shape index (κ1) is 14.5. The molecular formula is C17H28N2. The van der Waals surface area contributed by atoms with E-state index < -0.39 is 0 Å². The van der Waals surface area contributed by atoms with Crippen molar-refractivity contribution >= 4 is 0 Å². The highest BCUT2D eigenvalue weighted by Gasteiger charge is 2.45. The maximum atomic E-state index is 6.93. The first-order valence-electron chi connectivity index (χ1n) is 7.64. The van der Waals surface area contributed by atoms with Gasteiger partial charge in [-0.3, -0.25) is 4.90 Å². The van der Waals surface area contributed by atoms with E-state index in [4.69, 9.17) is 5.73 Å². The van der Waals surface area contributed by atoms with E-state index in [1.54, 1.807) is 0 Å². The fraction of sp³-hybridized carbons (Fsp3) is 0.647. The lowest BCUT2D eigenvalue weighted by Crippen LogP contribution is -2.54. The van der Waals surface area contributed by atoms with Crippen LogP contribution in [-0.4, -0.2) is 24.0 Å². The number of rotatable bonds is 5. The highest BCUT2D eigenvalue weighted by atomic mass is 15.2. The highest BCUT2D eigenvalue weighted by Crippen LogP contribution is 2.41. The summed E-state index contributed by atoms with van der Waals surface area (Å²) in [5.41, 5.74) is 9.56. The van der Waals surface area contributed by atoms with E-state index in [1.807, 2.05) is 0 Å². The van der Waals surface area contributed by atoms with Crippen molar-refractivity contribution in [2.45, 2.75) is 52.1 Å². The Morgan fingerprint density at radius 1 is 1.26 bits per heavy atom. The Morgan fingerprint density at radius 3 is 2.47 bits per heavy atom. The fourth-order valence-electron chi connectivity index (χ4n) is 3.76. The van der Waals surface area contributed by atoms with Crippen LogP contribution in [0.2, 0.25) is 0 Å². The summed E-state index contributed by atoms with van der Waals surface area (Å²) in [5.74, 6) is 0.620. The molecule has 0 heterocycles. The zero-order valence-electron chi connectivity index (χ0n) is 12.8. The van der Waals surface area contributed by atoms with Crippen LogP contribution in [0.1, 0.15) is 45.2 Å². The largest absolute Gasteiger partial charge is 0.320 e. The van der Waals surface area contributed by atoms with Crippen molar-refractivity contribution in [2.24, 2.45) is 11.7 Å². The molecule has 2 N–H and O–H groups in total. The molecule has 0 aliphatic heterocycles. The number of hydrogen-bond acceptors (Lipinski definition) is 2. The van der Waals surface area contributed by atoms with E-state index in [0.717, 1.165) is 25.9 Å². The Labute approximate surface area is 118 Å². The van der Waals surface area contributed by atoms with Crippen molar-refractivity contribution in [1.29, 1.82) is 0 Å². The summed E-state index contributed by atoms with van der Waals surface area (Å²) in [6.07, 6.45) is 2.16. The number of nitrogens with two attached hydrogens (primary N) is 1. The molecule has 19 heavy (non-hydrogen) atoms. The van der Waals surface area contributed by atoms with Gasteiger partial charge in [-0.2, -0.15) is 0 Å². The molecule has 0 bridgehead atoms. The van der Waals surface area contributed by atoms with Crippen LogP contribution in [0.4, 0.5) is 0 Å². The maximum absolute atomic E-state index is 6.93. The van der Waals surface area contributed by atoms with Gasteiger partial charge in [0.2, 0.25) is 0 Å². The number of likely N-dealkylation sites (N-methyl/N-ethyl adjacent to an activating group) is 1. The Bertz CT molecular complexity index is 423. The summed E-state index contributed by atoms with van der Waals surface area (Å²) >= 11 is 0.